The minimum absolute atomic E-state index is 0.0310. The van der Waals surface area contributed by atoms with Crippen molar-refractivity contribution in [2.24, 2.45) is 0 Å². The van der Waals surface area contributed by atoms with Gasteiger partial charge in [-0.3, -0.25) is 14.9 Å². The molecule has 1 atom stereocenters. The second kappa shape index (κ2) is 10.1. The summed E-state index contributed by atoms with van der Waals surface area (Å²) in [6.45, 7) is 2.03. The minimum atomic E-state index is -0.660. The van der Waals surface area contributed by atoms with Crippen molar-refractivity contribution in [3.63, 3.8) is 0 Å². The van der Waals surface area contributed by atoms with Crippen molar-refractivity contribution < 1.29 is 9.72 Å². The minimum Gasteiger partial charge on any atom is -0.383 e. The molecule has 2 aromatic carbocycles. The number of hydrogen-bond acceptors (Lipinski definition) is 5. The van der Waals surface area contributed by atoms with Crippen LogP contribution in [0.5, 0.6) is 0 Å². The molecule has 3 rings (SSSR count). The van der Waals surface area contributed by atoms with E-state index in [0.29, 0.717) is 0 Å². The Morgan fingerprint density at radius 1 is 1.26 bits per heavy atom. The van der Waals surface area contributed by atoms with Crippen LogP contribution in [0, 0.1) is 21.4 Å². The van der Waals surface area contributed by atoms with E-state index in [4.69, 9.17) is 11.6 Å². The van der Waals surface area contributed by atoms with E-state index >= 15 is 0 Å². The van der Waals surface area contributed by atoms with Gasteiger partial charge in [-0.2, -0.15) is 5.26 Å². The number of carbonyl (C=O) groups is 1. The summed E-state index contributed by atoms with van der Waals surface area (Å²) in [6, 6.07) is 12.2. The molecular formula is C23H23ClN4O3. The number of nitro groups is 1. The van der Waals surface area contributed by atoms with Gasteiger partial charge in [-0.25, -0.2) is 0 Å². The van der Waals surface area contributed by atoms with Crippen molar-refractivity contribution in [3.05, 3.63) is 80.0 Å². The molecule has 31 heavy (non-hydrogen) atoms. The van der Waals surface area contributed by atoms with Gasteiger partial charge in [-0.15, -0.1) is 0 Å². The molecule has 0 aliphatic heterocycles. The maximum atomic E-state index is 12.5. The average Bonchev–Trinajstić information content (AvgIpc) is 2.77. The maximum absolute atomic E-state index is 12.5. The van der Waals surface area contributed by atoms with Crippen LogP contribution < -0.4 is 10.6 Å². The third-order valence-corrected chi connectivity index (χ3v) is 5.70. The number of nitro benzene ring substituents is 1. The number of aryl methyl sites for hydroxylation is 2. The van der Waals surface area contributed by atoms with E-state index in [1.54, 1.807) is 0 Å². The van der Waals surface area contributed by atoms with Gasteiger partial charge in [0.15, 0.2) is 0 Å². The van der Waals surface area contributed by atoms with E-state index in [0.717, 1.165) is 30.9 Å². The summed E-state index contributed by atoms with van der Waals surface area (Å²) in [5, 5.41) is 26.1. The highest BCUT2D eigenvalue weighted by atomic mass is 35.5. The zero-order valence-corrected chi connectivity index (χ0v) is 17.9. The van der Waals surface area contributed by atoms with Gasteiger partial charge in [0.25, 0.3) is 11.6 Å². The highest BCUT2D eigenvalue weighted by Gasteiger charge is 2.17. The lowest BCUT2D eigenvalue weighted by Gasteiger charge is -2.21. The SMILES string of the molecule is CCC(N/C=C(/C#N)C(=O)Nc1ccc(Cl)c([N+](=O)[O-])c1)c1ccc2c(c1)CCCC2. The number of hydrogen-bond donors (Lipinski definition) is 2. The van der Waals surface area contributed by atoms with Crippen molar-refractivity contribution in [3.8, 4) is 6.07 Å². The molecule has 0 radical (unpaired) electrons. The van der Waals surface area contributed by atoms with Crippen LogP contribution in [-0.4, -0.2) is 10.8 Å². The number of fused-ring (bicyclic) bond motifs is 1. The van der Waals surface area contributed by atoms with Crippen LogP contribution >= 0.6 is 11.6 Å². The summed E-state index contributed by atoms with van der Waals surface area (Å²) in [5.41, 5.74) is 3.62. The third-order valence-electron chi connectivity index (χ3n) is 5.38. The van der Waals surface area contributed by atoms with Gasteiger partial charge in [0.1, 0.15) is 16.7 Å². The molecule has 0 aromatic heterocycles. The average molecular weight is 439 g/mol. The van der Waals surface area contributed by atoms with Gasteiger partial charge in [-0.05, 0) is 60.9 Å². The van der Waals surface area contributed by atoms with Crippen molar-refractivity contribution in [1.82, 2.24) is 5.32 Å². The van der Waals surface area contributed by atoms with Crippen molar-refractivity contribution >= 4 is 28.9 Å². The van der Waals surface area contributed by atoms with E-state index in [9.17, 15) is 20.2 Å². The first-order valence-electron chi connectivity index (χ1n) is 10.2. The van der Waals surface area contributed by atoms with Gasteiger partial charge in [-0.1, -0.05) is 36.7 Å². The Morgan fingerprint density at radius 2 is 2.00 bits per heavy atom. The first-order chi connectivity index (χ1) is 14.9. The lowest BCUT2D eigenvalue weighted by Crippen LogP contribution is -2.20. The number of amides is 1. The van der Waals surface area contributed by atoms with E-state index in [1.807, 2.05) is 13.0 Å². The summed E-state index contributed by atoms with van der Waals surface area (Å²) < 4.78 is 0. The number of anilines is 1. The molecule has 8 heteroatoms. The zero-order chi connectivity index (χ0) is 22.4. The van der Waals surface area contributed by atoms with Gasteiger partial charge < -0.3 is 10.6 Å². The summed E-state index contributed by atoms with van der Waals surface area (Å²) in [7, 11) is 0. The van der Waals surface area contributed by atoms with Crippen LogP contribution in [0.3, 0.4) is 0 Å². The molecule has 0 saturated heterocycles. The number of nitriles is 1. The van der Waals surface area contributed by atoms with E-state index in [2.05, 4.69) is 28.8 Å². The third kappa shape index (κ3) is 5.41. The fourth-order valence-electron chi connectivity index (χ4n) is 3.68. The number of carbonyl (C=O) groups excluding carboxylic acids is 1. The Bertz CT molecular complexity index is 1070. The first kappa shape index (κ1) is 22.3. The second-order valence-electron chi connectivity index (χ2n) is 7.41. The van der Waals surface area contributed by atoms with Gasteiger partial charge >= 0.3 is 0 Å². The second-order valence-corrected chi connectivity index (χ2v) is 7.82. The van der Waals surface area contributed by atoms with E-state index < -0.39 is 10.8 Å². The monoisotopic (exact) mass is 438 g/mol. The van der Waals surface area contributed by atoms with Gasteiger partial charge in [0.05, 0.1) is 11.0 Å². The quantitative estimate of drug-likeness (QED) is 0.267. The molecule has 1 amide bonds. The Morgan fingerprint density at radius 3 is 2.68 bits per heavy atom. The van der Waals surface area contributed by atoms with Crippen molar-refractivity contribution in [1.29, 1.82) is 5.26 Å². The molecule has 1 aliphatic rings. The fourth-order valence-corrected chi connectivity index (χ4v) is 3.87. The Kier molecular flexibility index (Phi) is 7.27. The van der Waals surface area contributed by atoms with E-state index in [-0.39, 0.29) is 28.0 Å². The van der Waals surface area contributed by atoms with Crippen molar-refractivity contribution in [2.45, 2.75) is 45.1 Å². The molecule has 0 spiro atoms. The smallest absolute Gasteiger partial charge is 0.289 e. The first-order valence-corrected chi connectivity index (χ1v) is 10.5. The fraction of sp³-hybridized carbons (Fsp3) is 0.304. The summed E-state index contributed by atoms with van der Waals surface area (Å²) in [4.78, 5) is 22.9. The summed E-state index contributed by atoms with van der Waals surface area (Å²) >= 11 is 5.79. The number of nitrogens with zero attached hydrogens (tertiary/aromatic N) is 2. The summed E-state index contributed by atoms with van der Waals surface area (Å²) in [6.07, 6.45) is 6.78. The molecule has 160 valence electrons. The van der Waals surface area contributed by atoms with Crippen LogP contribution in [0.15, 0.2) is 48.2 Å². The van der Waals surface area contributed by atoms with Crippen LogP contribution in [0.4, 0.5) is 11.4 Å². The lowest BCUT2D eigenvalue weighted by atomic mass is 9.89. The van der Waals surface area contributed by atoms with Crippen LogP contribution in [0.2, 0.25) is 5.02 Å². The molecule has 0 heterocycles. The molecule has 1 unspecified atom stereocenters. The predicted molar refractivity (Wildman–Crippen MR) is 120 cm³/mol. The molecule has 0 bridgehead atoms. The number of halogens is 1. The predicted octanol–water partition coefficient (Wildman–Crippen LogP) is 5.21. The van der Waals surface area contributed by atoms with Crippen LogP contribution in [0.1, 0.15) is 48.9 Å². The molecule has 2 N–H and O–H groups in total. The molecule has 1 aliphatic carbocycles. The summed E-state index contributed by atoms with van der Waals surface area (Å²) in [5.74, 6) is -0.660. The normalized spacial score (nSPS) is 14.2. The van der Waals surface area contributed by atoms with Crippen molar-refractivity contribution in [2.75, 3.05) is 5.32 Å². The maximum Gasteiger partial charge on any atom is 0.289 e. The molecule has 0 saturated carbocycles. The van der Waals surface area contributed by atoms with E-state index in [1.165, 1.54) is 42.3 Å². The Hall–Kier alpha value is -3.37. The Labute approximate surface area is 185 Å². The highest BCUT2D eigenvalue weighted by Crippen LogP contribution is 2.28. The molecular weight excluding hydrogens is 416 g/mol. The number of rotatable bonds is 7. The number of benzene rings is 2. The van der Waals surface area contributed by atoms with Gasteiger partial charge in [0, 0.05) is 18.0 Å². The topological polar surface area (TPSA) is 108 Å². The van der Waals surface area contributed by atoms with Crippen LogP contribution in [0.25, 0.3) is 0 Å². The lowest BCUT2D eigenvalue weighted by molar-refractivity contribution is -0.384. The van der Waals surface area contributed by atoms with Crippen LogP contribution in [-0.2, 0) is 17.6 Å². The highest BCUT2D eigenvalue weighted by molar-refractivity contribution is 6.32. The number of nitrogens with one attached hydrogen (secondary N) is 2. The standard InChI is InChI=1S/C23H23ClN4O3/c1-2-21(17-8-7-15-5-3-4-6-16(15)11-17)26-14-18(13-25)23(29)27-19-9-10-20(24)22(12-19)28(30)31/h7-12,14,21,26H,2-6H2,1H3,(H,27,29)/b18-14-. The molecule has 2 aromatic rings. The van der Waals surface area contributed by atoms with Gasteiger partial charge in [0.2, 0.25) is 0 Å². The Balaban J connectivity index is 1.73. The molecule has 0 fully saturated rings. The zero-order valence-electron chi connectivity index (χ0n) is 17.2. The largest absolute Gasteiger partial charge is 0.383 e. The molecule has 7 nitrogen and oxygen atoms in total.